The molecular formula is C20H37F3IN5O2. The normalized spacial score (nSPS) is 22.4. The molecule has 2 unspecified atom stereocenters. The summed E-state index contributed by atoms with van der Waals surface area (Å²) in [5.41, 5.74) is 0. The number of rotatable bonds is 8. The molecule has 0 saturated carbocycles. The van der Waals surface area contributed by atoms with Gasteiger partial charge in [0.05, 0.1) is 12.6 Å². The lowest BCUT2D eigenvalue weighted by Crippen LogP contribution is -2.45. The highest BCUT2D eigenvalue weighted by molar-refractivity contribution is 14.0. The maximum Gasteiger partial charge on any atom is 0.401 e. The van der Waals surface area contributed by atoms with E-state index in [-0.39, 0.29) is 48.5 Å². The number of carbonyl (C=O) groups is 1. The van der Waals surface area contributed by atoms with Gasteiger partial charge in [0.1, 0.15) is 6.54 Å². The van der Waals surface area contributed by atoms with Crippen LogP contribution in [-0.4, -0.2) is 105 Å². The second-order valence-corrected chi connectivity index (χ2v) is 8.34. The molecule has 0 aliphatic carbocycles. The van der Waals surface area contributed by atoms with Gasteiger partial charge in [-0.15, -0.1) is 24.0 Å². The predicted octanol–water partition coefficient (Wildman–Crippen LogP) is 2.41. The number of nitrogens with one attached hydrogen (secondary N) is 1. The zero-order chi connectivity index (χ0) is 22.1. The average Bonchev–Trinajstić information content (AvgIpc) is 3.15. The van der Waals surface area contributed by atoms with Crippen molar-refractivity contribution in [1.29, 1.82) is 0 Å². The second-order valence-electron chi connectivity index (χ2n) is 8.34. The number of alkyl halides is 3. The molecule has 0 bridgehead atoms. The fraction of sp³-hybridized carbons (Fsp3) is 0.900. The van der Waals surface area contributed by atoms with Gasteiger partial charge in [0.25, 0.3) is 0 Å². The van der Waals surface area contributed by atoms with Crippen molar-refractivity contribution in [3.63, 3.8) is 0 Å². The van der Waals surface area contributed by atoms with Crippen molar-refractivity contribution in [2.45, 2.75) is 44.9 Å². The number of hydrogen-bond acceptors (Lipinski definition) is 4. The standard InChI is InChI=1S/C20H36F3N5O2.HI/c1-4-27(15-20(21,22)23)13-16-8-9-28(14-16)19(25-12-18(29)26(2)3)24-11-17-7-5-6-10-30-17;/h16-17H,4-15H2,1-3H3,(H,24,25);1H. The van der Waals surface area contributed by atoms with E-state index in [4.69, 9.17) is 4.74 Å². The molecule has 0 aromatic heterocycles. The molecule has 2 saturated heterocycles. The van der Waals surface area contributed by atoms with Crippen LogP contribution in [0.25, 0.3) is 0 Å². The summed E-state index contributed by atoms with van der Waals surface area (Å²) in [6.07, 6.45) is -0.0626. The first-order valence-electron chi connectivity index (χ1n) is 10.8. The molecule has 1 N–H and O–H groups in total. The number of halogens is 4. The SMILES string of the molecule is CCN(CC1CCN(C(=NCC(=O)N(C)C)NCC2CCCCO2)C1)CC(F)(F)F.I. The Hall–Kier alpha value is -0.820. The van der Waals surface area contributed by atoms with Crippen LogP contribution in [0.5, 0.6) is 0 Å². The second kappa shape index (κ2) is 13.7. The minimum atomic E-state index is -4.19. The molecule has 182 valence electrons. The van der Waals surface area contributed by atoms with Crippen molar-refractivity contribution in [2.24, 2.45) is 10.9 Å². The van der Waals surface area contributed by atoms with E-state index in [1.54, 1.807) is 21.0 Å². The van der Waals surface area contributed by atoms with Crippen molar-refractivity contribution < 1.29 is 22.7 Å². The molecule has 0 radical (unpaired) electrons. The van der Waals surface area contributed by atoms with Crippen LogP contribution in [0, 0.1) is 5.92 Å². The van der Waals surface area contributed by atoms with Crippen molar-refractivity contribution in [3.8, 4) is 0 Å². The number of likely N-dealkylation sites (tertiary alicyclic amines) is 1. The van der Waals surface area contributed by atoms with Gasteiger partial charge in [-0.05, 0) is 38.1 Å². The van der Waals surface area contributed by atoms with E-state index in [0.717, 1.165) is 32.3 Å². The number of amides is 1. The summed E-state index contributed by atoms with van der Waals surface area (Å²) in [6, 6.07) is 0. The van der Waals surface area contributed by atoms with Crippen LogP contribution in [0.15, 0.2) is 4.99 Å². The van der Waals surface area contributed by atoms with Gasteiger partial charge < -0.3 is 19.9 Å². The van der Waals surface area contributed by atoms with Crippen LogP contribution in [0.1, 0.15) is 32.6 Å². The van der Waals surface area contributed by atoms with Gasteiger partial charge in [0.15, 0.2) is 5.96 Å². The maximum absolute atomic E-state index is 12.8. The lowest BCUT2D eigenvalue weighted by atomic mass is 10.1. The molecule has 31 heavy (non-hydrogen) atoms. The number of nitrogens with zero attached hydrogens (tertiary/aromatic N) is 4. The van der Waals surface area contributed by atoms with Crippen LogP contribution >= 0.6 is 24.0 Å². The molecule has 2 aliphatic heterocycles. The fourth-order valence-electron chi connectivity index (χ4n) is 3.82. The smallest absolute Gasteiger partial charge is 0.376 e. The molecule has 0 aromatic carbocycles. The molecule has 11 heteroatoms. The molecule has 2 aliphatic rings. The summed E-state index contributed by atoms with van der Waals surface area (Å²) < 4.78 is 44.0. The van der Waals surface area contributed by atoms with Crippen molar-refractivity contribution in [3.05, 3.63) is 0 Å². The van der Waals surface area contributed by atoms with Crippen LogP contribution in [0.3, 0.4) is 0 Å². The van der Waals surface area contributed by atoms with Crippen molar-refractivity contribution >= 4 is 35.8 Å². The Bertz CT molecular complexity index is 572. The number of aliphatic imine (C=N–C) groups is 1. The minimum Gasteiger partial charge on any atom is -0.376 e. The van der Waals surface area contributed by atoms with Crippen LogP contribution in [0.4, 0.5) is 13.2 Å². The topological polar surface area (TPSA) is 60.4 Å². The lowest BCUT2D eigenvalue weighted by molar-refractivity contribution is -0.146. The van der Waals surface area contributed by atoms with E-state index in [2.05, 4.69) is 15.2 Å². The van der Waals surface area contributed by atoms with Crippen LogP contribution in [0.2, 0.25) is 0 Å². The Labute approximate surface area is 200 Å². The first-order chi connectivity index (χ1) is 14.2. The van der Waals surface area contributed by atoms with E-state index >= 15 is 0 Å². The zero-order valence-electron chi connectivity index (χ0n) is 18.8. The van der Waals surface area contributed by atoms with Crippen molar-refractivity contribution in [1.82, 2.24) is 20.0 Å². The molecule has 2 atom stereocenters. The van der Waals surface area contributed by atoms with E-state index in [1.807, 2.05) is 0 Å². The highest BCUT2D eigenvalue weighted by Crippen LogP contribution is 2.21. The Kier molecular flexibility index (Phi) is 12.4. The summed E-state index contributed by atoms with van der Waals surface area (Å²) >= 11 is 0. The number of hydrogen-bond donors (Lipinski definition) is 1. The zero-order valence-corrected chi connectivity index (χ0v) is 21.1. The highest BCUT2D eigenvalue weighted by atomic mass is 127. The summed E-state index contributed by atoms with van der Waals surface area (Å²) in [6.45, 7) is 4.40. The molecule has 2 rings (SSSR count). The van der Waals surface area contributed by atoms with Gasteiger partial charge in [-0.2, -0.15) is 13.2 Å². The third-order valence-corrected chi connectivity index (χ3v) is 5.58. The summed E-state index contributed by atoms with van der Waals surface area (Å²) in [4.78, 5) is 21.5. The van der Waals surface area contributed by atoms with Crippen LogP contribution in [-0.2, 0) is 9.53 Å². The quantitative estimate of drug-likeness (QED) is 0.280. The molecule has 1 amide bonds. The minimum absolute atomic E-state index is 0. The summed E-state index contributed by atoms with van der Waals surface area (Å²) in [5.74, 6) is 0.678. The summed E-state index contributed by atoms with van der Waals surface area (Å²) in [7, 11) is 3.37. The van der Waals surface area contributed by atoms with E-state index in [9.17, 15) is 18.0 Å². The number of carbonyl (C=O) groups excluding carboxylic acids is 1. The molecular weight excluding hydrogens is 526 g/mol. The third kappa shape index (κ3) is 10.6. The van der Waals surface area contributed by atoms with Gasteiger partial charge in [-0.25, -0.2) is 4.99 Å². The number of guanidine groups is 1. The monoisotopic (exact) mass is 563 g/mol. The predicted molar refractivity (Wildman–Crippen MR) is 126 cm³/mol. The summed E-state index contributed by atoms with van der Waals surface area (Å²) in [5, 5.41) is 3.34. The number of ether oxygens (including phenoxy) is 1. The van der Waals surface area contributed by atoms with Crippen molar-refractivity contribution in [2.75, 3.05) is 66.5 Å². The van der Waals surface area contributed by atoms with E-state index in [1.165, 1.54) is 9.80 Å². The van der Waals surface area contributed by atoms with E-state index < -0.39 is 12.7 Å². The van der Waals surface area contributed by atoms with Gasteiger partial charge >= 0.3 is 6.18 Å². The first-order valence-corrected chi connectivity index (χ1v) is 10.8. The fourth-order valence-corrected chi connectivity index (χ4v) is 3.82. The Morgan fingerprint density at radius 1 is 1.26 bits per heavy atom. The Balaban J connectivity index is 0.00000480. The van der Waals surface area contributed by atoms with Gasteiger partial charge in [-0.1, -0.05) is 6.92 Å². The van der Waals surface area contributed by atoms with E-state index in [0.29, 0.717) is 38.7 Å². The molecule has 7 nitrogen and oxygen atoms in total. The van der Waals surface area contributed by atoms with Crippen LogP contribution < -0.4 is 5.32 Å². The molecule has 2 heterocycles. The Morgan fingerprint density at radius 2 is 2.00 bits per heavy atom. The largest absolute Gasteiger partial charge is 0.401 e. The van der Waals surface area contributed by atoms with Gasteiger partial charge in [0, 0.05) is 46.9 Å². The number of likely N-dealkylation sites (N-methyl/N-ethyl adjacent to an activating group) is 1. The average molecular weight is 563 g/mol. The highest BCUT2D eigenvalue weighted by Gasteiger charge is 2.33. The van der Waals surface area contributed by atoms with Gasteiger partial charge in [0.2, 0.25) is 5.91 Å². The first kappa shape index (κ1) is 28.2. The molecule has 2 fully saturated rings. The molecule has 0 spiro atoms. The maximum atomic E-state index is 12.8. The Morgan fingerprint density at radius 3 is 2.58 bits per heavy atom. The third-order valence-electron chi connectivity index (χ3n) is 5.58. The van der Waals surface area contributed by atoms with Gasteiger partial charge in [-0.3, -0.25) is 9.69 Å². The lowest BCUT2D eigenvalue weighted by Gasteiger charge is -2.28. The molecule has 0 aromatic rings.